The molecule has 2 aliphatic heterocycles. The van der Waals surface area contributed by atoms with Crippen LogP contribution in [0, 0.1) is 0 Å². The molecule has 3 aromatic carbocycles. The van der Waals surface area contributed by atoms with Crippen LogP contribution in [0.1, 0.15) is 32.6 Å². The minimum absolute atomic E-state index is 0.0332. The molecule has 0 saturated carbocycles. The lowest BCUT2D eigenvalue weighted by atomic mass is 9.77. The second-order valence-corrected chi connectivity index (χ2v) is 7.29. The summed E-state index contributed by atoms with van der Waals surface area (Å²) in [5.41, 5.74) is 2.18. The second kappa shape index (κ2) is 5.94. The van der Waals surface area contributed by atoms with E-state index < -0.39 is 11.6 Å². The highest BCUT2D eigenvalue weighted by atomic mass is 32.1. The minimum atomic E-state index is -1.21. The lowest BCUT2D eigenvalue weighted by Gasteiger charge is -2.36. The summed E-state index contributed by atoms with van der Waals surface area (Å²) < 4.78 is 12.0. The highest BCUT2D eigenvalue weighted by molar-refractivity contribution is 7.80. The maximum absolute atomic E-state index is 13.0. The van der Waals surface area contributed by atoms with Crippen LogP contribution >= 0.6 is 12.6 Å². The summed E-state index contributed by atoms with van der Waals surface area (Å²) in [7, 11) is 0. The summed E-state index contributed by atoms with van der Waals surface area (Å²) in [6, 6.07) is 15.1. The summed E-state index contributed by atoms with van der Waals surface area (Å²) in [5, 5.41) is 19.9. The number of phenols is 2. The molecule has 3 aromatic rings. The molecular formula is C22H16O5S. The number of thiol groups is 1. The van der Waals surface area contributed by atoms with Crippen molar-refractivity contribution in [2.45, 2.75) is 12.0 Å². The Labute approximate surface area is 166 Å². The van der Waals surface area contributed by atoms with E-state index in [1.54, 1.807) is 24.3 Å². The zero-order valence-electron chi connectivity index (χ0n) is 14.7. The zero-order chi connectivity index (χ0) is 19.5. The number of rotatable bonds is 2. The number of ether oxygens (including phenoxy) is 2. The first-order valence-electron chi connectivity index (χ1n) is 8.86. The average molecular weight is 392 g/mol. The fourth-order valence-electron chi connectivity index (χ4n) is 4.14. The Morgan fingerprint density at radius 1 is 0.893 bits per heavy atom. The molecule has 0 saturated heterocycles. The van der Waals surface area contributed by atoms with E-state index in [0.717, 1.165) is 11.1 Å². The molecule has 0 bridgehead atoms. The first-order valence-corrected chi connectivity index (χ1v) is 9.49. The standard InChI is InChI=1S/C22H16O5S/c23-13-4-6-15-18(10-13)26-19-11-14(24)5-7-16(19)22(15)17-3-1-2-12(8-9-28)20(17)21(25)27-22/h1-7,10-11,23-24,28H,8-9H2. The van der Waals surface area contributed by atoms with Crippen LogP contribution < -0.4 is 4.74 Å². The highest BCUT2D eigenvalue weighted by Gasteiger charge is 2.54. The second-order valence-electron chi connectivity index (χ2n) is 6.85. The van der Waals surface area contributed by atoms with Crippen molar-refractivity contribution in [1.82, 2.24) is 0 Å². The van der Waals surface area contributed by atoms with Crippen molar-refractivity contribution in [1.29, 1.82) is 0 Å². The molecule has 0 radical (unpaired) electrons. The van der Waals surface area contributed by atoms with Crippen LogP contribution in [-0.2, 0) is 16.8 Å². The van der Waals surface area contributed by atoms with Gasteiger partial charge >= 0.3 is 5.97 Å². The maximum Gasteiger partial charge on any atom is 0.340 e. The number of benzene rings is 3. The molecule has 5 rings (SSSR count). The van der Waals surface area contributed by atoms with Gasteiger partial charge in [0, 0.05) is 28.8 Å². The highest BCUT2D eigenvalue weighted by Crippen LogP contribution is 2.57. The number of fused-ring (bicyclic) bond motifs is 6. The summed E-state index contributed by atoms with van der Waals surface area (Å²) in [5.74, 6) is 1.01. The van der Waals surface area contributed by atoms with E-state index >= 15 is 0 Å². The third kappa shape index (κ3) is 2.18. The molecule has 140 valence electrons. The first-order chi connectivity index (χ1) is 13.5. The molecule has 2 heterocycles. The largest absolute Gasteiger partial charge is 0.508 e. The van der Waals surface area contributed by atoms with Gasteiger partial charge < -0.3 is 19.7 Å². The van der Waals surface area contributed by atoms with E-state index in [1.165, 1.54) is 12.1 Å². The zero-order valence-corrected chi connectivity index (χ0v) is 15.6. The molecular weight excluding hydrogens is 376 g/mol. The number of esters is 1. The third-order valence-electron chi connectivity index (χ3n) is 5.27. The fraction of sp³-hybridized carbons (Fsp3) is 0.136. The maximum atomic E-state index is 13.0. The van der Waals surface area contributed by atoms with Gasteiger partial charge in [0.2, 0.25) is 0 Å². The third-order valence-corrected chi connectivity index (χ3v) is 5.49. The van der Waals surface area contributed by atoms with Gasteiger partial charge in [0.1, 0.15) is 23.0 Å². The van der Waals surface area contributed by atoms with Crippen molar-refractivity contribution >= 4 is 18.6 Å². The number of hydrogen-bond donors (Lipinski definition) is 3. The monoisotopic (exact) mass is 392 g/mol. The van der Waals surface area contributed by atoms with E-state index in [-0.39, 0.29) is 11.5 Å². The molecule has 0 aromatic heterocycles. The predicted octanol–water partition coefficient (Wildman–Crippen LogP) is 4.14. The normalized spacial score (nSPS) is 15.4. The summed E-state index contributed by atoms with van der Waals surface area (Å²) >= 11 is 4.31. The molecule has 0 aliphatic carbocycles. The van der Waals surface area contributed by atoms with Crippen LogP contribution in [-0.4, -0.2) is 21.9 Å². The van der Waals surface area contributed by atoms with Crippen molar-refractivity contribution in [3.63, 3.8) is 0 Å². The van der Waals surface area contributed by atoms with E-state index in [2.05, 4.69) is 12.6 Å². The van der Waals surface area contributed by atoms with Gasteiger partial charge in [-0.1, -0.05) is 18.2 Å². The quantitative estimate of drug-likeness (QED) is 0.451. The molecule has 0 unspecified atom stereocenters. The van der Waals surface area contributed by atoms with Gasteiger partial charge in [-0.2, -0.15) is 12.6 Å². The molecule has 1 spiro atoms. The first kappa shape index (κ1) is 17.0. The Bertz CT molecular complexity index is 1090. The Morgan fingerprint density at radius 2 is 1.54 bits per heavy atom. The van der Waals surface area contributed by atoms with Crippen molar-refractivity contribution in [3.8, 4) is 23.0 Å². The predicted molar refractivity (Wildman–Crippen MR) is 106 cm³/mol. The lowest BCUT2D eigenvalue weighted by molar-refractivity contribution is 0.0224. The Hall–Kier alpha value is -3.12. The van der Waals surface area contributed by atoms with Gasteiger partial charge in [0.05, 0.1) is 5.56 Å². The Balaban J connectivity index is 1.87. The molecule has 2 aliphatic rings. The smallest absolute Gasteiger partial charge is 0.340 e. The molecule has 0 amide bonds. The van der Waals surface area contributed by atoms with Gasteiger partial charge in [0.25, 0.3) is 0 Å². The number of carbonyl (C=O) groups is 1. The Morgan fingerprint density at radius 3 is 2.14 bits per heavy atom. The summed E-state index contributed by atoms with van der Waals surface area (Å²) in [6.45, 7) is 0. The topological polar surface area (TPSA) is 76.0 Å². The van der Waals surface area contributed by atoms with Crippen molar-refractivity contribution in [3.05, 3.63) is 82.4 Å². The summed E-state index contributed by atoms with van der Waals surface area (Å²) in [4.78, 5) is 13.0. The van der Waals surface area contributed by atoms with Crippen LogP contribution in [0.5, 0.6) is 23.0 Å². The van der Waals surface area contributed by atoms with E-state index in [1.807, 2.05) is 18.2 Å². The van der Waals surface area contributed by atoms with Gasteiger partial charge in [-0.05, 0) is 42.0 Å². The van der Waals surface area contributed by atoms with Gasteiger partial charge in [-0.25, -0.2) is 4.79 Å². The average Bonchev–Trinajstić information content (AvgIpc) is 2.96. The molecule has 5 nitrogen and oxygen atoms in total. The molecule has 6 heteroatoms. The van der Waals surface area contributed by atoms with Gasteiger partial charge in [-0.15, -0.1) is 0 Å². The fourth-order valence-corrected chi connectivity index (χ4v) is 4.39. The Kier molecular flexibility index (Phi) is 3.61. The lowest BCUT2D eigenvalue weighted by Crippen LogP contribution is -2.32. The van der Waals surface area contributed by atoms with Crippen LogP contribution in [0.2, 0.25) is 0 Å². The van der Waals surface area contributed by atoms with Crippen molar-refractivity contribution < 1.29 is 24.5 Å². The van der Waals surface area contributed by atoms with Crippen LogP contribution in [0.4, 0.5) is 0 Å². The number of hydrogen-bond acceptors (Lipinski definition) is 6. The molecule has 2 N–H and O–H groups in total. The van der Waals surface area contributed by atoms with Crippen molar-refractivity contribution in [2.24, 2.45) is 0 Å². The van der Waals surface area contributed by atoms with Gasteiger partial charge in [-0.3, -0.25) is 0 Å². The van der Waals surface area contributed by atoms with Crippen LogP contribution in [0.25, 0.3) is 0 Å². The SMILES string of the molecule is O=C1OC2(c3ccc(O)cc3Oc3cc(O)ccc32)c2cccc(CCS)c21. The minimum Gasteiger partial charge on any atom is -0.508 e. The molecule has 28 heavy (non-hydrogen) atoms. The van der Waals surface area contributed by atoms with Crippen LogP contribution in [0.15, 0.2) is 54.6 Å². The summed E-state index contributed by atoms with van der Waals surface area (Å²) in [6.07, 6.45) is 0.638. The number of aromatic hydroxyl groups is 2. The van der Waals surface area contributed by atoms with E-state index in [0.29, 0.717) is 40.4 Å². The van der Waals surface area contributed by atoms with Gasteiger partial charge in [0.15, 0.2) is 5.60 Å². The van der Waals surface area contributed by atoms with Crippen molar-refractivity contribution in [2.75, 3.05) is 5.75 Å². The van der Waals surface area contributed by atoms with Crippen LogP contribution in [0.3, 0.4) is 0 Å². The van der Waals surface area contributed by atoms with E-state index in [9.17, 15) is 15.0 Å². The number of aryl methyl sites for hydroxylation is 1. The number of phenolic OH excluding ortho intramolecular Hbond substituents is 2. The van der Waals surface area contributed by atoms with E-state index in [4.69, 9.17) is 9.47 Å². The molecule has 0 atom stereocenters. The number of carbonyl (C=O) groups excluding carboxylic acids is 1. The molecule has 0 fully saturated rings.